The van der Waals surface area contributed by atoms with Crippen molar-refractivity contribution in [2.45, 2.75) is 26.3 Å². The zero-order valence-corrected chi connectivity index (χ0v) is 10.7. The van der Waals surface area contributed by atoms with Gasteiger partial charge in [-0.15, -0.1) is 0 Å². The van der Waals surface area contributed by atoms with Crippen LogP contribution in [0.25, 0.3) is 11.0 Å². The third-order valence-electron chi connectivity index (χ3n) is 2.69. The lowest BCUT2D eigenvalue weighted by Gasteiger charge is -2.10. The van der Waals surface area contributed by atoms with Crippen molar-refractivity contribution in [2.75, 3.05) is 11.9 Å². The van der Waals surface area contributed by atoms with Crippen LogP contribution in [0.3, 0.4) is 0 Å². The predicted octanol–water partition coefficient (Wildman–Crippen LogP) is 1.89. The number of aromatic nitrogens is 2. The highest BCUT2D eigenvalue weighted by Crippen LogP contribution is 2.13. The normalized spacial score (nSPS) is 12.6. The van der Waals surface area contributed by atoms with Crippen molar-refractivity contribution in [1.82, 2.24) is 15.3 Å². The van der Waals surface area contributed by atoms with Crippen LogP contribution in [-0.2, 0) is 4.79 Å². The second-order valence-electron chi connectivity index (χ2n) is 4.31. The summed E-state index contributed by atoms with van der Waals surface area (Å²) in [5.41, 5.74) is 1.78. The first kappa shape index (κ1) is 12.6. The van der Waals surface area contributed by atoms with Gasteiger partial charge >= 0.3 is 0 Å². The molecule has 18 heavy (non-hydrogen) atoms. The molecule has 0 radical (unpaired) electrons. The number of nitrogens with zero attached hydrogens (tertiary/aromatic N) is 1. The quantitative estimate of drug-likeness (QED) is 0.754. The fraction of sp³-hybridized carbons (Fsp3) is 0.385. The summed E-state index contributed by atoms with van der Waals surface area (Å²) in [5.74, 6) is 0.465. The number of fused-ring (bicyclic) bond motifs is 1. The molecule has 96 valence electrons. The van der Waals surface area contributed by atoms with E-state index in [4.69, 9.17) is 0 Å². The largest absolute Gasteiger partial charge is 0.324 e. The van der Waals surface area contributed by atoms with E-state index in [0.29, 0.717) is 12.4 Å². The number of benzene rings is 1. The number of aromatic amines is 1. The molecule has 2 rings (SSSR count). The van der Waals surface area contributed by atoms with Crippen LogP contribution in [0.4, 0.5) is 5.95 Å². The average molecular weight is 246 g/mol. The van der Waals surface area contributed by atoms with Crippen molar-refractivity contribution in [1.29, 1.82) is 0 Å². The smallest absolute Gasteiger partial charge is 0.228 e. The van der Waals surface area contributed by atoms with Crippen LogP contribution in [0.5, 0.6) is 0 Å². The van der Waals surface area contributed by atoms with Gasteiger partial charge in [0.15, 0.2) is 0 Å². The van der Waals surface area contributed by atoms with Gasteiger partial charge in [-0.2, -0.15) is 0 Å². The minimum Gasteiger partial charge on any atom is -0.324 e. The third-order valence-corrected chi connectivity index (χ3v) is 2.69. The Labute approximate surface area is 106 Å². The minimum atomic E-state index is -0.0393. The Hall–Kier alpha value is -1.88. The number of carbonyl (C=O) groups is 1. The monoisotopic (exact) mass is 246 g/mol. The van der Waals surface area contributed by atoms with Crippen LogP contribution < -0.4 is 10.6 Å². The van der Waals surface area contributed by atoms with E-state index in [9.17, 15) is 4.79 Å². The molecule has 1 amide bonds. The Balaban J connectivity index is 1.98. The van der Waals surface area contributed by atoms with Gasteiger partial charge in [-0.1, -0.05) is 19.1 Å². The number of H-pyrrole nitrogens is 1. The van der Waals surface area contributed by atoms with E-state index in [1.807, 2.05) is 38.1 Å². The summed E-state index contributed by atoms with van der Waals surface area (Å²) in [6, 6.07) is 7.85. The summed E-state index contributed by atoms with van der Waals surface area (Å²) >= 11 is 0. The van der Waals surface area contributed by atoms with Gasteiger partial charge in [0.05, 0.1) is 11.0 Å². The first-order valence-electron chi connectivity index (χ1n) is 6.17. The zero-order chi connectivity index (χ0) is 13.0. The van der Waals surface area contributed by atoms with Crippen LogP contribution in [-0.4, -0.2) is 28.5 Å². The average Bonchev–Trinajstić information content (AvgIpc) is 2.70. The molecular formula is C13H18N4O. The van der Waals surface area contributed by atoms with Crippen molar-refractivity contribution >= 4 is 22.9 Å². The number of imidazole rings is 1. The van der Waals surface area contributed by atoms with Gasteiger partial charge in [0.25, 0.3) is 0 Å². The Morgan fingerprint density at radius 1 is 1.44 bits per heavy atom. The van der Waals surface area contributed by atoms with Gasteiger partial charge in [-0.05, 0) is 25.6 Å². The van der Waals surface area contributed by atoms with E-state index in [-0.39, 0.29) is 11.9 Å². The Morgan fingerprint density at radius 2 is 2.22 bits per heavy atom. The van der Waals surface area contributed by atoms with Gasteiger partial charge in [-0.3, -0.25) is 10.1 Å². The Kier molecular flexibility index (Phi) is 3.94. The summed E-state index contributed by atoms with van der Waals surface area (Å²) < 4.78 is 0. The number of hydrogen-bond acceptors (Lipinski definition) is 3. The lowest BCUT2D eigenvalue weighted by Crippen LogP contribution is -2.30. The summed E-state index contributed by atoms with van der Waals surface area (Å²) in [7, 11) is 0. The van der Waals surface area contributed by atoms with Gasteiger partial charge in [0.2, 0.25) is 11.9 Å². The molecule has 0 aliphatic carbocycles. The van der Waals surface area contributed by atoms with Crippen molar-refractivity contribution in [3.05, 3.63) is 24.3 Å². The minimum absolute atomic E-state index is 0.0393. The highest BCUT2D eigenvalue weighted by molar-refractivity contribution is 5.91. The number of carbonyl (C=O) groups excluding carboxylic acids is 1. The van der Waals surface area contributed by atoms with Crippen molar-refractivity contribution in [3.63, 3.8) is 0 Å². The summed E-state index contributed by atoms with van der Waals surface area (Å²) in [5, 5.41) is 5.97. The number of amides is 1. The number of anilines is 1. The van der Waals surface area contributed by atoms with E-state index in [1.54, 1.807) is 0 Å². The zero-order valence-electron chi connectivity index (χ0n) is 10.7. The molecule has 3 N–H and O–H groups in total. The van der Waals surface area contributed by atoms with Crippen LogP contribution in [0.2, 0.25) is 0 Å². The predicted molar refractivity (Wildman–Crippen MR) is 72.5 cm³/mol. The molecule has 5 nitrogen and oxygen atoms in total. The van der Waals surface area contributed by atoms with Gasteiger partial charge in [0.1, 0.15) is 0 Å². The molecule has 1 atom stereocenters. The molecule has 1 unspecified atom stereocenters. The fourth-order valence-electron chi connectivity index (χ4n) is 1.89. The maximum absolute atomic E-state index is 11.8. The van der Waals surface area contributed by atoms with Gasteiger partial charge < -0.3 is 10.3 Å². The summed E-state index contributed by atoms with van der Waals surface area (Å²) in [4.78, 5) is 19.1. The summed E-state index contributed by atoms with van der Waals surface area (Å²) in [6.07, 6.45) is 0.435. The highest BCUT2D eigenvalue weighted by atomic mass is 16.1. The molecule has 1 aromatic heterocycles. The molecular weight excluding hydrogens is 228 g/mol. The number of rotatable bonds is 5. The van der Waals surface area contributed by atoms with Crippen molar-refractivity contribution in [3.8, 4) is 0 Å². The molecule has 0 fully saturated rings. The maximum atomic E-state index is 11.8. The summed E-state index contributed by atoms with van der Waals surface area (Å²) in [6.45, 7) is 4.87. The molecule has 1 aromatic carbocycles. The number of para-hydroxylation sites is 2. The molecule has 2 aromatic rings. The highest BCUT2D eigenvalue weighted by Gasteiger charge is 2.10. The first-order valence-corrected chi connectivity index (χ1v) is 6.17. The van der Waals surface area contributed by atoms with Crippen molar-refractivity contribution < 1.29 is 4.79 Å². The van der Waals surface area contributed by atoms with Crippen LogP contribution in [0.1, 0.15) is 20.3 Å². The lowest BCUT2D eigenvalue weighted by atomic mass is 10.2. The Morgan fingerprint density at radius 3 is 2.94 bits per heavy atom. The molecule has 0 spiro atoms. The van der Waals surface area contributed by atoms with Crippen LogP contribution in [0.15, 0.2) is 24.3 Å². The SMILES string of the molecule is CCNC(C)CC(=O)Nc1nc2ccccc2[nH]1. The van der Waals surface area contributed by atoms with E-state index < -0.39 is 0 Å². The molecule has 0 saturated heterocycles. The maximum Gasteiger partial charge on any atom is 0.228 e. The van der Waals surface area contributed by atoms with Crippen LogP contribution >= 0.6 is 0 Å². The molecule has 0 aliphatic heterocycles. The van der Waals surface area contributed by atoms with Crippen molar-refractivity contribution in [2.24, 2.45) is 0 Å². The van der Waals surface area contributed by atoms with E-state index in [0.717, 1.165) is 17.6 Å². The van der Waals surface area contributed by atoms with E-state index in [2.05, 4.69) is 20.6 Å². The molecule has 5 heteroatoms. The lowest BCUT2D eigenvalue weighted by molar-refractivity contribution is -0.116. The van der Waals surface area contributed by atoms with E-state index >= 15 is 0 Å². The first-order chi connectivity index (χ1) is 8.69. The Bertz CT molecular complexity index is 502. The molecule has 0 aliphatic rings. The fourth-order valence-corrected chi connectivity index (χ4v) is 1.89. The second-order valence-corrected chi connectivity index (χ2v) is 4.31. The second kappa shape index (κ2) is 5.64. The number of nitrogens with one attached hydrogen (secondary N) is 3. The van der Waals surface area contributed by atoms with Gasteiger partial charge in [-0.25, -0.2) is 4.98 Å². The molecule has 0 saturated carbocycles. The molecule has 1 heterocycles. The van der Waals surface area contributed by atoms with Gasteiger partial charge in [0, 0.05) is 12.5 Å². The third kappa shape index (κ3) is 3.07. The molecule has 0 bridgehead atoms. The number of hydrogen-bond donors (Lipinski definition) is 3. The van der Waals surface area contributed by atoms with E-state index in [1.165, 1.54) is 0 Å². The standard InChI is InChI=1S/C13H18N4O/c1-3-14-9(2)8-12(18)17-13-15-10-6-4-5-7-11(10)16-13/h4-7,9,14H,3,8H2,1-2H3,(H2,15,16,17,18). The topological polar surface area (TPSA) is 69.8 Å². The van der Waals surface area contributed by atoms with Crippen LogP contribution in [0, 0.1) is 0 Å².